The molecule has 2 atom stereocenters. The first-order chi connectivity index (χ1) is 23.6. The molecule has 1 aromatic heterocycles. The third-order valence-corrected chi connectivity index (χ3v) is 9.01. The molecule has 0 spiro atoms. The lowest BCUT2D eigenvalue weighted by atomic mass is 9.98. The molecule has 5 aliphatic rings. The van der Waals surface area contributed by atoms with Crippen molar-refractivity contribution >= 4 is 10.9 Å². The van der Waals surface area contributed by atoms with Gasteiger partial charge in [0.1, 0.15) is 0 Å². The maximum atomic E-state index is 4.32. The van der Waals surface area contributed by atoms with Crippen molar-refractivity contribution in [2.24, 2.45) is 23.7 Å². The van der Waals surface area contributed by atoms with Crippen molar-refractivity contribution in [2.75, 3.05) is 65.4 Å². The molecule has 6 heteroatoms. The van der Waals surface area contributed by atoms with Gasteiger partial charge < -0.3 is 20.9 Å². The number of piperidine rings is 2. The van der Waals surface area contributed by atoms with E-state index in [-0.39, 0.29) is 0 Å². The van der Waals surface area contributed by atoms with Gasteiger partial charge in [0, 0.05) is 62.4 Å². The van der Waals surface area contributed by atoms with Crippen molar-refractivity contribution in [1.29, 1.82) is 0 Å². The predicted octanol–water partition coefficient (Wildman–Crippen LogP) is 9.46. The summed E-state index contributed by atoms with van der Waals surface area (Å²) in [5, 5.41) is 11.0. The van der Waals surface area contributed by atoms with E-state index in [4.69, 9.17) is 0 Å². The second-order valence-electron chi connectivity index (χ2n) is 17.7. The third kappa shape index (κ3) is 22.4. The predicted molar refractivity (Wildman–Crippen MR) is 224 cm³/mol. The van der Waals surface area contributed by atoms with Gasteiger partial charge in [-0.2, -0.15) is 0 Å². The highest BCUT2D eigenvalue weighted by Crippen LogP contribution is 2.45. The van der Waals surface area contributed by atoms with Gasteiger partial charge in [0.05, 0.1) is 5.52 Å². The van der Waals surface area contributed by atoms with E-state index in [2.05, 4.69) is 145 Å². The van der Waals surface area contributed by atoms with Crippen LogP contribution < -0.4 is 16.0 Å². The normalized spacial score (nSPS) is 21.2. The zero-order valence-electron chi connectivity index (χ0n) is 35.4. The Bertz CT molecular complexity index is 1020. The molecule has 3 N–H and O–H groups in total. The van der Waals surface area contributed by atoms with Crippen LogP contribution in [0.2, 0.25) is 0 Å². The second-order valence-corrected chi connectivity index (χ2v) is 17.7. The Labute approximate surface area is 311 Å². The second kappa shape index (κ2) is 26.2. The van der Waals surface area contributed by atoms with Gasteiger partial charge in [0.15, 0.2) is 0 Å². The van der Waals surface area contributed by atoms with E-state index in [1.165, 1.54) is 82.3 Å². The van der Waals surface area contributed by atoms with Crippen LogP contribution >= 0.6 is 0 Å². The molecule has 0 bridgehead atoms. The summed E-state index contributed by atoms with van der Waals surface area (Å²) in [6.07, 6.45) is 8.99. The number of benzene rings is 1. The molecule has 6 nitrogen and oxygen atoms in total. The van der Waals surface area contributed by atoms with E-state index >= 15 is 0 Å². The molecule has 5 heterocycles. The smallest absolute Gasteiger partial charge is 0.0704 e. The van der Waals surface area contributed by atoms with Crippen LogP contribution in [0.1, 0.15) is 134 Å². The topological polar surface area (TPSA) is 55.5 Å². The largest absolute Gasteiger partial charge is 0.317 e. The number of fused-ring (bicyclic) bond motifs is 2. The summed E-state index contributed by atoms with van der Waals surface area (Å²) < 4.78 is 0. The third-order valence-electron chi connectivity index (χ3n) is 9.01. The van der Waals surface area contributed by atoms with Gasteiger partial charge in [-0.15, -0.1) is 0 Å². The summed E-state index contributed by atoms with van der Waals surface area (Å²) in [6, 6.07) is 11.2. The SMILES string of the molecule is C1CCNCC1.C1CNCCN1.CC(C)(C)N1CCC1.CC(C)C.CC(C)C.CC(C)N1CC2CC2C1.CC(C)c1cccc2ncccc12. The molecule has 290 valence electrons. The molecule has 1 aliphatic carbocycles. The molecule has 1 aromatic carbocycles. The number of rotatable bonds is 2. The zero-order valence-corrected chi connectivity index (χ0v) is 35.4. The van der Waals surface area contributed by atoms with Gasteiger partial charge in [0.25, 0.3) is 0 Å². The first-order valence-corrected chi connectivity index (χ1v) is 20.6. The van der Waals surface area contributed by atoms with Crippen molar-refractivity contribution < 1.29 is 0 Å². The summed E-state index contributed by atoms with van der Waals surface area (Å²) in [5.74, 6) is 4.44. The number of likely N-dealkylation sites (tertiary alicyclic amines) is 2. The Hall–Kier alpha value is -1.57. The van der Waals surface area contributed by atoms with Gasteiger partial charge in [-0.1, -0.05) is 80.0 Å². The fourth-order valence-electron chi connectivity index (χ4n) is 5.88. The molecule has 2 unspecified atom stereocenters. The molecule has 2 aromatic rings. The van der Waals surface area contributed by atoms with Crippen molar-refractivity contribution in [3.63, 3.8) is 0 Å². The van der Waals surface area contributed by atoms with Crippen LogP contribution in [0.3, 0.4) is 0 Å². The minimum atomic E-state index is 0.429. The van der Waals surface area contributed by atoms with E-state index in [0.29, 0.717) is 11.5 Å². The van der Waals surface area contributed by atoms with Crippen LogP contribution in [-0.2, 0) is 0 Å². The average Bonchev–Trinajstić information content (AvgIpc) is 3.65. The van der Waals surface area contributed by atoms with Crippen molar-refractivity contribution in [2.45, 2.75) is 140 Å². The molecule has 1 saturated carbocycles. The zero-order chi connectivity index (χ0) is 37.5. The number of piperazine rings is 1. The summed E-state index contributed by atoms with van der Waals surface area (Å²) >= 11 is 0. The van der Waals surface area contributed by atoms with Gasteiger partial charge in [-0.05, 0) is 134 Å². The summed E-state index contributed by atoms with van der Waals surface area (Å²) in [7, 11) is 0. The highest BCUT2D eigenvalue weighted by Gasteiger charge is 2.45. The van der Waals surface area contributed by atoms with Gasteiger partial charge in [-0.3, -0.25) is 9.88 Å². The summed E-state index contributed by atoms with van der Waals surface area (Å²) in [4.78, 5) is 9.41. The lowest BCUT2D eigenvalue weighted by molar-refractivity contribution is 0.0690. The Morgan fingerprint density at radius 1 is 0.640 bits per heavy atom. The molecule has 7 rings (SSSR count). The fraction of sp³-hybridized carbons (Fsp3) is 0.795. The number of aromatic nitrogens is 1. The van der Waals surface area contributed by atoms with E-state index in [1.54, 1.807) is 0 Å². The Balaban J connectivity index is 0.000000304. The van der Waals surface area contributed by atoms with Crippen molar-refractivity contribution in [1.82, 2.24) is 30.7 Å². The van der Waals surface area contributed by atoms with Crippen LogP contribution in [0.5, 0.6) is 0 Å². The number of hydrogen-bond donors (Lipinski definition) is 3. The minimum Gasteiger partial charge on any atom is -0.317 e. The molecule has 4 saturated heterocycles. The van der Waals surface area contributed by atoms with Crippen LogP contribution in [0.4, 0.5) is 0 Å². The van der Waals surface area contributed by atoms with Gasteiger partial charge in [0.2, 0.25) is 0 Å². The molecular formula is C44H84N6. The average molecular weight is 697 g/mol. The van der Waals surface area contributed by atoms with E-state index in [0.717, 1.165) is 61.4 Å². The quantitative estimate of drug-likeness (QED) is 0.291. The summed E-state index contributed by atoms with van der Waals surface area (Å²) in [6.45, 7) is 41.3. The molecule has 0 radical (unpaired) electrons. The number of hydrogen-bond acceptors (Lipinski definition) is 6. The van der Waals surface area contributed by atoms with Crippen molar-refractivity contribution in [3.8, 4) is 0 Å². The Morgan fingerprint density at radius 2 is 1.14 bits per heavy atom. The van der Waals surface area contributed by atoms with Gasteiger partial charge in [-0.25, -0.2) is 0 Å². The Kier molecular flexibility index (Phi) is 24.4. The number of nitrogens with zero attached hydrogens (tertiary/aromatic N) is 3. The Morgan fingerprint density at radius 3 is 1.44 bits per heavy atom. The summed E-state index contributed by atoms with van der Waals surface area (Å²) in [5.41, 5.74) is 2.90. The van der Waals surface area contributed by atoms with Crippen LogP contribution in [0.25, 0.3) is 10.9 Å². The first kappa shape index (κ1) is 46.5. The lowest BCUT2D eigenvalue weighted by Gasteiger charge is -2.42. The van der Waals surface area contributed by atoms with E-state index in [9.17, 15) is 0 Å². The monoisotopic (exact) mass is 697 g/mol. The van der Waals surface area contributed by atoms with Crippen LogP contribution in [0, 0.1) is 23.7 Å². The molecule has 50 heavy (non-hydrogen) atoms. The van der Waals surface area contributed by atoms with Gasteiger partial charge >= 0.3 is 0 Å². The molecule has 5 fully saturated rings. The standard InChI is InChI=1S/C12H13N.C8H15N.C7H15N.C5H11N.C4H10N2.2C4H10/c1-9(2)10-5-3-7-12-11(10)6-4-8-13-12;1-6(2)9-4-7-3-8(7)5-9;1-7(2,3)8-5-4-6-8;1-2-4-6-5-3-1;1-2-6-4-3-5-1;2*1-4(2)3/h3-9H,1-2H3;6-8H,3-5H2,1-2H3;4-6H2,1-3H3;6H,1-5H2;5-6H,1-4H2;2*4H,1-3H3. The van der Waals surface area contributed by atoms with Crippen LogP contribution in [-0.4, -0.2) is 91.8 Å². The molecule has 4 aliphatic heterocycles. The highest BCUT2D eigenvalue weighted by molar-refractivity contribution is 5.82. The molecular weight excluding hydrogens is 613 g/mol. The van der Waals surface area contributed by atoms with E-state index < -0.39 is 0 Å². The minimum absolute atomic E-state index is 0.429. The fourth-order valence-corrected chi connectivity index (χ4v) is 5.88. The van der Waals surface area contributed by atoms with E-state index in [1.807, 2.05) is 12.3 Å². The maximum absolute atomic E-state index is 4.32. The molecule has 0 amide bonds. The maximum Gasteiger partial charge on any atom is 0.0704 e. The van der Waals surface area contributed by atoms with Crippen LogP contribution in [0.15, 0.2) is 36.5 Å². The lowest BCUT2D eigenvalue weighted by Crippen LogP contribution is -2.49. The highest BCUT2D eigenvalue weighted by atomic mass is 15.2. The first-order valence-electron chi connectivity index (χ1n) is 20.6. The van der Waals surface area contributed by atoms with Crippen molar-refractivity contribution in [3.05, 3.63) is 42.1 Å². The number of nitrogens with one attached hydrogen (secondary N) is 3. The number of pyridine rings is 1.